The second kappa shape index (κ2) is 7.65. The lowest BCUT2D eigenvalue weighted by Gasteiger charge is -2.12. The fourth-order valence-electron chi connectivity index (χ4n) is 1.52. The Morgan fingerprint density at radius 1 is 0.909 bits per heavy atom. The molecule has 0 spiro atoms. The Kier molecular flexibility index (Phi) is 5.85. The van der Waals surface area contributed by atoms with Crippen LogP contribution in [0.1, 0.15) is 10.4 Å². The van der Waals surface area contributed by atoms with E-state index in [1.807, 2.05) is 0 Å². The smallest absolute Gasteiger partial charge is 0.269 e. The van der Waals surface area contributed by atoms with Crippen LogP contribution in [0.5, 0.6) is 0 Å². The summed E-state index contributed by atoms with van der Waals surface area (Å²) in [5.74, 6) is -0.338. The van der Waals surface area contributed by atoms with Gasteiger partial charge in [0.05, 0.1) is 10.0 Å². The molecule has 0 aromatic heterocycles. The zero-order valence-corrected chi connectivity index (χ0v) is 14.1. The van der Waals surface area contributed by atoms with Crippen molar-refractivity contribution in [1.82, 2.24) is 10.9 Å². The van der Waals surface area contributed by atoms with Gasteiger partial charge in [0.2, 0.25) is 0 Å². The first-order valence-electron chi connectivity index (χ1n) is 6.03. The number of benzene rings is 2. The summed E-state index contributed by atoms with van der Waals surface area (Å²) in [5.41, 5.74) is 6.16. The van der Waals surface area contributed by atoms with Gasteiger partial charge in [-0.15, -0.1) is 0 Å². The third-order valence-electron chi connectivity index (χ3n) is 2.57. The third-order valence-corrected chi connectivity index (χ3v) is 3.77. The highest BCUT2D eigenvalue weighted by molar-refractivity contribution is 7.80. The second-order valence-corrected chi connectivity index (χ2v) is 5.83. The van der Waals surface area contributed by atoms with Crippen molar-refractivity contribution < 1.29 is 4.79 Å². The lowest BCUT2D eigenvalue weighted by Crippen LogP contribution is -2.43. The van der Waals surface area contributed by atoms with E-state index in [9.17, 15) is 4.79 Å². The molecule has 0 saturated carbocycles. The highest BCUT2D eigenvalue weighted by Crippen LogP contribution is 2.24. The topological polar surface area (TPSA) is 53.2 Å². The second-order valence-electron chi connectivity index (χ2n) is 4.17. The lowest BCUT2D eigenvalue weighted by atomic mass is 10.2. The zero-order valence-electron chi connectivity index (χ0n) is 11.0. The maximum absolute atomic E-state index is 11.9. The van der Waals surface area contributed by atoms with Crippen LogP contribution < -0.4 is 16.2 Å². The van der Waals surface area contributed by atoms with Crippen LogP contribution in [0, 0.1) is 0 Å². The molecule has 0 fully saturated rings. The van der Waals surface area contributed by atoms with Gasteiger partial charge in [0.25, 0.3) is 5.91 Å². The van der Waals surface area contributed by atoms with Crippen molar-refractivity contribution in [1.29, 1.82) is 0 Å². The lowest BCUT2D eigenvalue weighted by molar-refractivity contribution is 0.0944. The molecule has 0 atom stereocenters. The molecule has 2 rings (SSSR count). The minimum absolute atomic E-state index is 0.209. The zero-order chi connectivity index (χ0) is 16.1. The summed E-state index contributed by atoms with van der Waals surface area (Å²) >= 11 is 22.6. The molecular formula is C14H10Cl3N3OS. The normalized spacial score (nSPS) is 9.95. The maximum atomic E-state index is 11.9. The van der Waals surface area contributed by atoms with Crippen LogP contribution in [-0.4, -0.2) is 11.0 Å². The Bertz CT molecular complexity index is 707. The summed E-state index contributed by atoms with van der Waals surface area (Å²) in [6.45, 7) is 0. The first kappa shape index (κ1) is 16.8. The summed E-state index contributed by atoms with van der Waals surface area (Å²) in [6, 6.07) is 11.4. The number of hydrogen-bond donors (Lipinski definition) is 3. The molecule has 3 N–H and O–H groups in total. The van der Waals surface area contributed by atoms with E-state index in [-0.39, 0.29) is 11.0 Å². The molecule has 0 bridgehead atoms. The van der Waals surface area contributed by atoms with E-state index in [1.165, 1.54) is 0 Å². The van der Waals surface area contributed by atoms with Crippen LogP contribution in [0.25, 0.3) is 0 Å². The quantitative estimate of drug-likeness (QED) is 0.542. The monoisotopic (exact) mass is 373 g/mol. The van der Waals surface area contributed by atoms with Gasteiger partial charge in [-0.2, -0.15) is 0 Å². The molecule has 22 heavy (non-hydrogen) atoms. The van der Waals surface area contributed by atoms with Gasteiger partial charge in [0, 0.05) is 16.3 Å². The van der Waals surface area contributed by atoms with E-state index in [0.717, 1.165) is 0 Å². The first-order valence-corrected chi connectivity index (χ1v) is 7.58. The Labute approximate surface area is 147 Å². The Morgan fingerprint density at radius 3 is 2.23 bits per heavy atom. The maximum Gasteiger partial charge on any atom is 0.269 e. The molecule has 0 saturated heterocycles. The molecule has 1 amide bonds. The number of hydrogen-bond acceptors (Lipinski definition) is 2. The molecule has 2 aromatic rings. The molecule has 0 radical (unpaired) electrons. The Balaban J connectivity index is 1.88. The van der Waals surface area contributed by atoms with Crippen LogP contribution in [0.2, 0.25) is 15.1 Å². The van der Waals surface area contributed by atoms with E-state index < -0.39 is 0 Å². The van der Waals surface area contributed by atoms with Crippen LogP contribution >= 0.6 is 47.0 Å². The van der Waals surface area contributed by atoms with Crippen LogP contribution in [0.4, 0.5) is 5.69 Å². The van der Waals surface area contributed by atoms with Gasteiger partial charge in [-0.05, 0) is 54.7 Å². The molecule has 4 nitrogen and oxygen atoms in total. The fourth-order valence-corrected chi connectivity index (χ4v) is 2.12. The Hall–Kier alpha value is -1.53. The summed E-state index contributed by atoms with van der Waals surface area (Å²) in [4.78, 5) is 11.9. The molecule has 0 unspecified atom stereocenters. The fraction of sp³-hybridized carbons (Fsp3) is 0. The highest BCUT2D eigenvalue weighted by Gasteiger charge is 2.06. The van der Waals surface area contributed by atoms with Gasteiger partial charge < -0.3 is 5.32 Å². The molecule has 2 aromatic carbocycles. The minimum atomic E-state index is -0.338. The SMILES string of the molecule is O=C(NNC(=S)Nc1ccc(Cl)c(Cl)c1)c1ccc(Cl)cc1. The van der Waals surface area contributed by atoms with Crippen molar-refractivity contribution in [3.63, 3.8) is 0 Å². The molecule has 0 aliphatic carbocycles. The molecule has 0 aliphatic heterocycles. The first-order chi connectivity index (χ1) is 10.5. The van der Waals surface area contributed by atoms with Gasteiger partial charge in [-0.25, -0.2) is 0 Å². The van der Waals surface area contributed by atoms with Crippen LogP contribution in [0.3, 0.4) is 0 Å². The summed E-state index contributed by atoms with van der Waals surface area (Å²) in [7, 11) is 0. The van der Waals surface area contributed by atoms with Crippen molar-refractivity contribution in [2.24, 2.45) is 0 Å². The number of hydrazine groups is 1. The molecule has 0 aliphatic rings. The standard InChI is InChI=1S/C14H10Cl3N3OS/c15-9-3-1-8(2-4-9)13(21)19-20-14(22)18-10-5-6-11(16)12(17)7-10/h1-7H,(H,19,21)(H2,18,20,22). The van der Waals surface area contributed by atoms with E-state index >= 15 is 0 Å². The molecule has 0 heterocycles. The van der Waals surface area contributed by atoms with Crippen molar-refractivity contribution in [3.05, 3.63) is 63.1 Å². The largest absolute Gasteiger partial charge is 0.331 e. The molecular weight excluding hydrogens is 365 g/mol. The number of anilines is 1. The third kappa shape index (κ3) is 4.74. The van der Waals surface area contributed by atoms with Gasteiger partial charge in [0.15, 0.2) is 5.11 Å². The Morgan fingerprint density at radius 2 is 1.59 bits per heavy atom. The summed E-state index contributed by atoms with van der Waals surface area (Å²) in [5, 5.41) is 4.48. The van der Waals surface area contributed by atoms with Gasteiger partial charge >= 0.3 is 0 Å². The van der Waals surface area contributed by atoms with Crippen molar-refractivity contribution in [2.75, 3.05) is 5.32 Å². The van der Waals surface area contributed by atoms with Crippen molar-refractivity contribution in [2.45, 2.75) is 0 Å². The number of carbonyl (C=O) groups excluding carboxylic acids is 1. The van der Waals surface area contributed by atoms with Crippen molar-refractivity contribution >= 4 is 63.7 Å². The molecule has 8 heteroatoms. The van der Waals surface area contributed by atoms with Gasteiger partial charge in [0.1, 0.15) is 0 Å². The van der Waals surface area contributed by atoms with Gasteiger partial charge in [-0.1, -0.05) is 34.8 Å². The van der Waals surface area contributed by atoms with E-state index in [1.54, 1.807) is 42.5 Å². The number of halogens is 3. The average Bonchev–Trinajstić information content (AvgIpc) is 2.49. The van der Waals surface area contributed by atoms with Crippen LogP contribution in [-0.2, 0) is 0 Å². The van der Waals surface area contributed by atoms with E-state index in [4.69, 9.17) is 47.0 Å². The van der Waals surface area contributed by atoms with E-state index in [2.05, 4.69) is 16.2 Å². The summed E-state index contributed by atoms with van der Waals surface area (Å²) < 4.78 is 0. The highest BCUT2D eigenvalue weighted by atomic mass is 35.5. The summed E-state index contributed by atoms with van der Waals surface area (Å²) in [6.07, 6.45) is 0. The number of rotatable bonds is 2. The number of amides is 1. The number of carbonyl (C=O) groups is 1. The number of thiocarbonyl (C=S) groups is 1. The minimum Gasteiger partial charge on any atom is -0.331 e. The van der Waals surface area contributed by atoms with Crippen LogP contribution in [0.15, 0.2) is 42.5 Å². The van der Waals surface area contributed by atoms with E-state index in [0.29, 0.717) is 26.3 Å². The predicted molar refractivity (Wildman–Crippen MR) is 94.7 cm³/mol. The number of nitrogens with one attached hydrogen (secondary N) is 3. The predicted octanol–water partition coefficient (Wildman–Crippen LogP) is 4.28. The average molecular weight is 375 g/mol. The van der Waals surface area contributed by atoms with Gasteiger partial charge in [-0.3, -0.25) is 15.6 Å². The molecule has 114 valence electrons. The van der Waals surface area contributed by atoms with Crippen molar-refractivity contribution in [3.8, 4) is 0 Å².